The van der Waals surface area contributed by atoms with Crippen molar-refractivity contribution < 1.29 is 14.3 Å². The maximum atomic E-state index is 12.1. The number of nitrogens with one attached hydrogen (secondary N) is 1. The van der Waals surface area contributed by atoms with Gasteiger partial charge in [0, 0.05) is 11.8 Å². The molecule has 4 nitrogen and oxygen atoms in total. The van der Waals surface area contributed by atoms with Crippen molar-refractivity contribution in [1.82, 2.24) is 0 Å². The van der Waals surface area contributed by atoms with E-state index in [-0.39, 0.29) is 5.91 Å². The van der Waals surface area contributed by atoms with Gasteiger partial charge in [-0.15, -0.1) is 0 Å². The molecule has 2 aromatic carbocycles. The van der Waals surface area contributed by atoms with Crippen LogP contribution in [0.25, 0.3) is 6.08 Å². The molecule has 0 bridgehead atoms. The number of rotatable bonds is 8. The van der Waals surface area contributed by atoms with Crippen LogP contribution in [0, 0.1) is 6.92 Å². The molecular formula is C21H25NO3. The van der Waals surface area contributed by atoms with Gasteiger partial charge >= 0.3 is 0 Å². The molecule has 0 aromatic heterocycles. The van der Waals surface area contributed by atoms with Crippen LogP contribution in [0.15, 0.2) is 48.5 Å². The third-order valence-corrected chi connectivity index (χ3v) is 3.44. The van der Waals surface area contributed by atoms with Crippen molar-refractivity contribution in [3.63, 3.8) is 0 Å². The van der Waals surface area contributed by atoms with E-state index < -0.39 is 0 Å². The lowest BCUT2D eigenvalue weighted by Gasteiger charge is -2.12. The van der Waals surface area contributed by atoms with Gasteiger partial charge in [-0.2, -0.15) is 0 Å². The van der Waals surface area contributed by atoms with E-state index in [1.165, 1.54) is 6.08 Å². The average Bonchev–Trinajstić information content (AvgIpc) is 2.59. The fourth-order valence-corrected chi connectivity index (χ4v) is 2.31. The summed E-state index contributed by atoms with van der Waals surface area (Å²) in [5.41, 5.74) is 2.77. The molecule has 4 heteroatoms. The fourth-order valence-electron chi connectivity index (χ4n) is 2.31. The van der Waals surface area contributed by atoms with Crippen LogP contribution in [0.4, 0.5) is 5.69 Å². The smallest absolute Gasteiger partial charge is 0.248 e. The Kier molecular flexibility index (Phi) is 7.08. The standard InChI is InChI=1S/C21H25NO3/c1-4-13-25-19-11-9-17(15-20(19)24-5-2)10-12-21(23)22-18-8-6-7-16(3)14-18/h6-12,14-15H,4-5,13H2,1-3H3,(H,22,23)/b12-10+. The van der Waals surface area contributed by atoms with E-state index in [0.717, 1.165) is 29.0 Å². The van der Waals surface area contributed by atoms with Crippen LogP contribution in [0.3, 0.4) is 0 Å². The highest BCUT2D eigenvalue weighted by Crippen LogP contribution is 2.29. The Morgan fingerprint density at radius 1 is 1.08 bits per heavy atom. The predicted octanol–water partition coefficient (Wildman–Crippen LogP) is 4.83. The Morgan fingerprint density at radius 3 is 2.64 bits per heavy atom. The molecule has 0 atom stereocenters. The van der Waals surface area contributed by atoms with Gasteiger partial charge in [0.25, 0.3) is 0 Å². The van der Waals surface area contributed by atoms with E-state index in [2.05, 4.69) is 12.2 Å². The zero-order valence-corrected chi connectivity index (χ0v) is 15.0. The molecule has 25 heavy (non-hydrogen) atoms. The topological polar surface area (TPSA) is 47.6 Å². The first-order valence-electron chi connectivity index (χ1n) is 8.57. The number of hydrogen-bond donors (Lipinski definition) is 1. The molecule has 0 heterocycles. The van der Waals surface area contributed by atoms with Crippen LogP contribution < -0.4 is 14.8 Å². The van der Waals surface area contributed by atoms with Gasteiger partial charge in [-0.1, -0.05) is 25.1 Å². The van der Waals surface area contributed by atoms with Crippen molar-refractivity contribution in [3.8, 4) is 11.5 Å². The van der Waals surface area contributed by atoms with E-state index in [9.17, 15) is 4.79 Å². The molecular weight excluding hydrogens is 314 g/mol. The second kappa shape index (κ2) is 9.52. The van der Waals surface area contributed by atoms with E-state index >= 15 is 0 Å². The summed E-state index contributed by atoms with van der Waals surface area (Å²) in [4.78, 5) is 12.1. The lowest BCUT2D eigenvalue weighted by molar-refractivity contribution is -0.111. The maximum absolute atomic E-state index is 12.1. The third kappa shape index (κ3) is 5.99. The van der Waals surface area contributed by atoms with Crippen LogP contribution in [-0.4, -0.2) is 19.1 Å². The number of aryl methyl sites for hydroxylation is 1. The van der Waals surface area contributed by atoms with Crippen LogP contribution in [0.5, 0.6) is 11.5 Å². The molecule has 0 saturated carbocycles. The van der Waals surface area contributed by atoms with E-state index in [1.807, 2.05) is 56.3 Å². The Morgan fingerprint density at radius 2 is 1.92 bits per heavy atom. The monoisotopic (exact) mass is 339 g/mol. The summed E-state index contributed by atoms with van der Waals surface area (Å²) in [6.45, 7) is 7.19. The molecule has 0 fully saturated rings. The molecule has 1 N–H and O–H groups in total. The second-order valence-corrected chi connectivity index (χ2v) is 5.68. The predicted molar refractivity (Wildman–Crippen MR) is 102 cm³/mol. The number of ether oxygens (including phenoxy) is 2. The molecule has 0 aliphatic carbocycles. The van der Waals surface area contributed by atoms with Crippen LogP contribution in [-0.2, 0) is 4.79 Å². The Labute approximate surface area is 149 Å². The SMILES string of the molecule is CCCOc1ccc(/C=C/C(=O)Nc2cccc(C)c2)cc1OCC. The van der Waals surface area contributed by atoms with Gasteiger partial charge in [0.1, 0.15) is 0 Å². The molecule has 2 aromatic rings. The highest BCUT2D eigenvalue weighted by molar-refractivity contribution is 6.02. The van der Waals surface area contributed by atoms with Gasteiger partial charge in [-0.25, -0.2) is 0 Å². The quantitative estimate of drug-likeness (QED) is 0.700. The minimum absolute atomic E-state index is 0.171. The van der Waals surface area contributed by atoms with Crippen molar-refractivity contribution in [2.45, 2.75) is 27.2 Å². The van der Waals surface area contributed by atoms with Crippen LogP contribution in [0.1, 0.15) is 31.4 Å². The summed E-state index contributed by atoms with van der Waals surface area (Å²) in [5, 5.41) is 2.85. The molecule has 0 aliphatic rings. The van der Waals surface area contributed by atoms with Gasteiger partial charge in [-0.3, -0.25) is 4.79 Å². The number of carbonyl (C=O) groups excluding carboxylic acids is 1. The number of hydrogen-bond acceptors (Lipinski definition) is 3. The molecule has 0 unspecified atom stereocenters. The van der Waals surface area contributed by atoms with Crippen LogP contribution >= 0.6 is 0 Å². The maximum Gasteiger partial charge on any atom is 0.248 e. The number of benzene rings is 2. The van der Waals surface area contributed by atoms with Crippen LogP contribution in [0.2, 0.25) is 0 Å². The summed E-state index contributed by atoms with van der Waals surface area (Å²) in [5.74, 6) is 1.25. The Hall–Kier alpha value is -2.75. The highest BCUT2D eigenvalue weighted by atomic mass is 16.5. The van der Waals surface area contributed by atoms with E-state index in [4.69, 9.17) is 9.47 Å². The second-order valence-electron chi connectivity index (χ2n) is 5.68. The molecule has 0 saturated heterocycles. The molecule has 0 spiro atoms. The van der Waals surface area contributed by atoms with Gasteiger partial charge in [0.2, 0.25) is 5.91 Å². The van der Waals surface area contributed by atoms with Crippen molar-refractivity contribution in [2.24, 2.45) is 0 Å². The summed E-state index contributed by atoms with van der Waals surface area (Å²) < 4.78 is 11.3. The summed E-state index contributed by atoms with van der Waals surface area (Å²) in [7, 11) is 0. The molecule has 1 amide bonds. The Bertz CT molecular complexity index is 738. The van der Waals surface area contributed by atoms with Gasteiger partial charge in [0.05, 0.1) is 13.2 Å². The highest BCUT2D eigenvalue weighted by Gasteiger charge is 2.05. The molecule has 0 radical (unpaired) electrons. The van der Waals surface area contributed by atoms with Crippen molar-refractivity contribution >= 4 is 17.7 Å². The third-order valence-electron chi connectivity index (χ3n) is 3.44. The molecule has 0 aliphatic heterocycles. The fraction of sp³-hybridized carbons (Fsp3) is 0.286. The van der Waals surface area contributed by atoms with Crippen molar-refractivity contribution in [3.05, 3.63) is 59.7 Å². The largest absolute Gasteiger partial charge is 0.490 e. The zero-order chi connectivity index (χ0) is 18.1. The lowest BCUT2D eigenvalue weighted by Crippen LogP contribution is -2.07. The van der Waals surface area contributed by atoms with Crippen molar-refractivity contribution in [1.29, 1.82) is 0 Å². The summed E-state index contributed by atoms with van der Waals surface area (Å²) >= 11 is 0. The van der Waals surface area contributed by atoms with Gasteiger partial charge < -0.3 is 14.8 Å². The number of carbonyl (C=O) groups is 1. The first-order chi connectivity index (χ1) is 12.1. The molecule has 132 valence electrons. The van der Waals surface area contributed by atoms with Gasteiger partial charge in [0.15, 0.2) is 11.5 Å². The van der Waals surface area contributed by atoms with Gasteiger partial charge in [-0.05, 0) is 61.7 Å². The zero-order valence-electron chi connectivity index (χ0n) is 15.0. The first-order valence-corrected chi connectivity index (χ1v) is 8.57. The Balaban J connectivity index is 2.06. The lowest BCUT2D eigenvalue weighted by atomic mass is 10.2. The first kappa shape index (κ1) is 18.6. The normalized spacial score (nSPS) is 10.7. The number of anilines is 1. The average molecular weight is 339 g/mol. The number of amides is 1. The molecule has 2 rings (SSSR count). The van der Waals surface area contributed by atoms with Crippen molar-refractivity contribution in [2.75, 3.05) is 18.5 Å². The van der Waals surface area contributed by atoms with E-state index in [0.29, 0.717) is 19.0 Å². The minimum atomic E-state index is -0.171. The summed E-state index contributed by atoms with van der Waals surface area (Å²) in [6.07, 6.45) is 4.21. The minimum Gasteiger partial charge on any atom is -0.490 e. The van der Waals surface area contributed by atoms with E-state index in [1.54, 1.807) is 6.08 Å². The summed E-state index contributed by atoms with van der Waals surface area (Å²) in [6, 6.07) is 13.4.